The molecule has 3 fully saturated rings. The number of carbonyl (C=O) groups excluding carboxylic acids is 4. The van der Waals surface area contributed by atoms with E-state index in [0.29, 0.717) is 42.2 Å². The number of aliphatic hydroxyl groups excluding tert-OH is 1. The van der Waals surface area contributed by atoms with Gasteiger partial charge in [-0.3, -0.25) is 24.1 Å². The van der Waals surface area contributed by atoms with Gasteiger partial charge in [-0.2, -0.15) is 0 Å². The third-order valence-electron chi connectivity index (χ3n) is 12.4. The van der Waals surface area contributed by atoms with Gasteiger partial charge in [-0.15, -0.1) is 0 Å². The molecule has 9 rings (SSSR count). The average Bonchev–Trinajstić information content (AvgIpc) is 3.50. The van der Waals surface area contributed by atoms with Crippen molar-refractivity contribution in [2.24, 2.45) is 23.7 Å². The second-order valence-corrected chi connectivity index (χ2v) is 15.1. The summed E-state index contributed by atoms with van der Waals surface area (Å²) in [4.78, 5) is 63.0. The Morgan fingerprint density at radius 3 is 2.13 bits per heavy atom. The fourth-order valence-electron chi connectivity index (χ4n) is 10.1. The summed E-state index contributed by atoms with van der Waals surface area (Å²) < 4.78 is 11.2. The van der Waals surface area contributed by atoms with Crippen molar-refractivity contribution in [3.63, 3.8) is 0 Å². The molecule has 0 radical (unpaired) electrons. The molecule has 4 aromatic carbocycles. The van der Waals surface area contributed by atoms with E-state index >= 15 is 9.59 Å². The number of fused-ring (bicyclic) bond motifs is 4. The van der Waals surface area contributed by atoms with Crippen LogP contribution in [0.3, 0.4) is 0 Å². The Bertz CT molecular complexity index is 2190. The molecule has 9 heteroatoms. The van der Waals surface area contributed by atoms with Crippen LogP contribution in [0.15, 0.2) is 127 Å². The number of Topliss-reactive ketones (excluding diaryl/α,β-unsaturated/α-hetero) is 1. The maximum atomic E-state index is 15.2. The van der Waals surface area contributed by atoms with Gasteiger partial charge in [-0.1, -0.05) is 84.4 Å². The molecule has 3 aliphatic carbocycles. The van der Waals surface area contributed by atoms with E-state index in [1.165, 1.54) is 11.0 Å². The zero-order chi connectivity index (χ0) is 37.7. The fourth-order valence-corrected chi connectivity index (χ4v) is 10.1. The van der Waals surface area contributed by atoms with Gasteiger partial charge in [0.25, 0.3) is 0 Å². The molecule has 4 aromatic rings. The number of ether oxygens (including phenoxy) is 2. The van der Waals surface area contributed by atoms with Crippen molar-refractivity contribution in [1.82, 2.24) is 0 Å². The Kier molecular flexibility index (Phi) is 9.07. The molecular formula is C46H42N2O7. The lowest BCUT2D eigenvalue weighted by Crippen LogP contribution is -2.58. The molecular weight excluding hydrogens is 693 g/mol. The van der Waals surface area contributed by atoms with Gasteiger partial charge in [0.1, 0.15) is 12.4 Å². The molecule has 2 amide bonds. The molecule has 2 aliphatic heterocycles. The molecule has 0 unspecified atom stereocenters. The van der Waals surface area contributed by atoms with Crippen LogP contribution >= 0.6 is 0 Å². The van der Waals surface area contributed by atoms with E-state index in [2.05, 4.69) is 11.0 Å². The Labute approximate surface area is 319 Å². The first kappa shape index (κ1) is 35.1. The van der Waals surface area contributed by atoms with Crippen LogP contribution < -0.4 is 14.5 Å². The highest BCUT2D eigenvalue weighted by Crippen LogP contribution is 2.63. The van der Waals surface area contributed by atoms with Crippen LogP contribution in [0.2, 0.25) is 0 Å². The Morgan fingerprint density at radius 2 is 1.44 bits per heavy atom. The first-order valence-electron chi connectivity index (χ1n) is 19.2. The molecule has 0 bridgehead atoms. The lowest BCUT2D eigenvalue weighted by Gasteiger charge is -2.55. The van der Waals surface area contributed by atoms with E-state index in [-0.39, 0.29) is 43.0 Å². The smallest absolute Gasteiger partial charge is 0.238 e. The summed E-state index contributed by atoms with van der Waals surface area (Å²) in [6, 6.07) is 33.9. The highest BCUT2D eigenvalue weighted by molar-refractivity contribution is 6.32. The van der Waals surface area contributed by atoms with Gasteiger partial charge >= 0.3 is 0 Å². The van der Waals surface area contributed by atoms with Gasteiger partial charge in [0.15, 0.2) is 11.6 Å². The number of rotatable bonds is 8. The first-order chi connectivity index (χ1) is 26.9. The number of imide groups is 1. The summed E-state index contributed by atoms with van der Waals surface area (Å²) >= 11 is 0. The van der Waals surface area contributed by atoms with E-state index in [4.69, 9.17) is 9.47 Å². The highest BCUT2D eigenvalue weighted by atomic mass is 16.5. The van der Waals surface area contributed by atoms with Crippen molar-refractivity contribution >= 4 is 40.3 Å². The zero-order valence-electron chi connectivity index (χ0n) is 30.4. The number of morpholine rings is 1. The molecule has 6 atom stereocenters. The van der Waals surface area contributed by atoms with Crippen molar-refractivity contribution in [2.75, 3.05) is 49.3 Å². The minimum absolute atomic E-state index is 0.130. The second-order valence-electron chi connectivity index (χ2n) is 15.1. The van der Waals surface area contributed by atoms with Crippen LogP contribution in [-0.4, -0.2) is 68.0 Å². The Morgan fingerprint density at radius 1 is 0.764 bits per heavy atom. The number of hydrogen-bond acceptors (Lipinski definition) is 8. The molecule has 55 heavy (non-hydrogen) atoms. The van der Waals surface area contributed by atoms with Gasteiger partial charge in [-0.25, -0.2) is 0 Å². The van der Waals surface area contributed by atoms with Crippen LogP contribution in [0, 0.1) is 23.7 Å². The number of ketones is 2. The van der Waals surface area contributed by atoms with Crippen molar-refractivity contribution in [3.05, 3.63) is 144 Å². The number of nitrogens with zero attached hydrogens (tertiary/aromatic N) is 2. The van der Waals surface area contributed by atoms with E-state index in [1.54, 1.807) is 0 Å². The minimum Gasteiger partial charge on any atom is -0.491 e. The zero-order valence-corrected chi connectivity index (χ0v) is 30.4. The van der Waals surface area contributed by atoms with Crippen molar-refractivity contribution in [2.45, 2.75) is 24.2 Å². The van der Waals surface area contributed by atoms with Crippen LogP contribution in [-0.2, 0) is 29.3 Å². The Hall–Kier alpha value is -5.64. The largest absolute Gasteiger partial charge is 0.491 e. The monoisotopic (exact) mass is 734 g/mol. The van der Waals surface area contributed by atoms with Gasteiger partial charge < -0.3 is 19.5 Å². The van der Waals surface area contributed by atoms with Gasteiger partial charge in [0, 0.05) is 36.2 Å². The van der Waals surface area contributed by atoms with Crippen molar-refractivity contribution in [3.8, 4) is 5.75 Å². The predicted molar refractivity (Wildman–Crippen MR) is 208 cm³/mol. The first-order valence-corrected chi connectivity index (χ1v) is 19.2. The lowest BCUT2D eigenvalue weighted by molar-refractivity contribution is -0.135. The lowest BCUT2D eigenvalue weighted by atomic mass is 9.44. The van der Waals surface area contributed by atoms with Crippen molar-refractivity contribution < 1.29 is 33.8 Å². The predicted octanol–water partition coefficient (Wildman–Crippen LogP) is 5.92. The average molecular weight is 735 g/mol. The quantitative estimate of drug-likeness (QED) is 0.175. The summed E-state index contributed by atoms with van der Waals surface area (Å²) in [5.74, 6) is -3.40. The number of carbonyl (C=O) groups is 4. The molecule has 5 aliphatic rings. The molecule has 2 saturated heterocycles. The van der Waals surface area contributed by atoms with Gasteiger partial charge in [0.2, 0.25) is 11.8 Å². The van der Waals surface area contributed by atoms with Gasteiger partial charge in [-0.05, 0) is 77.9 Å². The summed E-state index contributed by atoms with van der Waals surface area (Å²) in [6.07, 6.45) is 4.21. The topological polar surface area (TPSA) is 113 Å². The van der Waals surface area contributed by atoms with Crippen molar-refractivity contribution in [1.29, 1.82) is 0 Å². The summed E-state index contributed by atoms with van der Waals surface area (Å²) in [6.45, 7) is 2.85. The number of benzene rings is 4. The van der Waals surface area contributed by atoms with E-state index < -0.39 is 35.0 Å². The SMILES string of the molecule is O=C1C(c2ccccc2)=CC(=O)[C@@]2(c3ccccc3)[C@@H](c3ccc(OCCO)cc3)C3=CC[C@@H]4C(=O)N(c5ccc(N6CCOCC6)cc5)C(=O)[C@@H]4[C@@H]3C[C@@H]12. The number of amides is 2. The normalized spacial score (nSPS) is 27.5. The molecule has 278 valence electrons. The van der Waals surface area contributed by atoms with E-state index in [9.17, 15) is 14.7 Å². The molecule has 9 nitrogen and oxygen atoms in total. The van der Waals surface area contributed by atoms with Crippen LogP contribution in [0.5, 0.6) is 5.75 Å². The van der Waals surface area contributed by atoms with E-state index in [1.807, 2.05) is 109 Å². The minimum atomic E-state index is -1.31. The second kappa shape index (κ2) is 14.2. The molecule has 2 heterocycles. The third kappa shape index (κ3) is 5.67. The number of allylic oxidation sites excluding steroid dienone is 4. The number of aliphatic hydroxyl groups is 1. The summed E-state index contributed by atoms with van der Waals surface area (Å²) in [7, 11) is 0. The maximum absolute atomic E-state index is 15.2. The standard InChI is InChI=1S/C46H42N2O7/c49-23-26-55-34-17-11-30(12-18-34)42-35-19-20-36-41(45(53)48(44(36)52)33-15-13-32(14-16-33)47-21-24-54-25-22-47)38(35)27-39-43(51)37(29-7-3-1-4-8-29)28-40(50)46(39,42)31-9-5-2-6-10-31/h1-19,28,36,38-39,41-42,49H,20-27H2/t36-,38+,39-,41-,42-,46-/m0/s1. The summed E-state index contributed by atoms with van der Waals surface area (Å²) in [5.41, 5.74) is 3.74. The number of hydrogen-bond donors (Lipinski definition) is 1. The summed E-state index contributed by atoms with van der Waals surface area (Å²) in [5, 5.41) is 9.37. The van der Waals surface area contributed by atoms with Crippen LogP contribution in [0.4, 0.5) is 11.4 Å². The molecule has 0 spiro atoms. The highest BCUT2D eigenvalue weighted by Gasteiger charge is 2.66. The molecule has 0 aromatic heterocycles. The van der Waals surface area contributed by atoms with Gasteiger partial charge in [0.05, 0.1) is 42.8 Å². The molecule has 1 saturated carbocycles. The Balaban J connectivity index is 1.17. The molecule has 1 N–H and O–H groups in total. The van der Waals surface area contributed by atoms with Crippen LogP contribution in [0.25, 0.3) is 5.57 Å². The third-order valence-corrected chi connectivity index (χ3v) is 12.4. The number of anilines is 2. The fraction of sp³-hybridized carbons (Fsp3) is 0.304. The van der Waals surface area contributed by atoms with Crippen LogP contribution in [0.1, 0.15) is 35.4 Å². The maximum Gasteiger partial charge on any atom is 0.238 e. The van der Waals surface area contributed by atoms with E-state index in [0.717, 1.165) is 35.5 Å².